The Bertz CT molecular complexity index is 1460. The van der Waals surface area contributed by atoms with Crippen LogP contribution in [-0.2, 0) is 17.8 Å². The number of ether oxygens (including phenoxy) is 2. The van der Waals surface area contributed by atoms with Crippen molar-refractivity contribution in [1.82, 2.24) is 0 Å². The lowest BCUT2D eigenvalue weighted by atomic mass is 10.0. The van der Waals surface area contributed by atoms with Gasteiger partial charge in [0.25, 0.3) is 5.91 Å². The lowest BCUT2D eigenvalue weighted by molar-refractivity contribution is -0.112. The van der Waals surface area contributed by atoms with Gasteiger partial charge in [0.1, 0.15) is 35.6 Å². The molecule has 5 nitrogen and oxygen atoms in total. The third kappa shape index (κ3) is 7.31. The third-order valence-electron chi connectivity index (χ3n) is 5.71. The Morgan fingerprint density at radius 1 is 0.921 bits per heavy atom. The molecule has 0 saturated carbocycles. The standard InChI is InChI=1S/C32H27FN2O3/c1-2-37-31-20-25(11-12-26(31)17-24-9-6-10-28(33)19-24)18-27(21-34)32(36)35-29-13-15-30(16-14-29)38-22-23-7-4-3-5-8-23/h3-16,18-20H,2,17,22H2,1H3,(H,35,36)/b27-18+. The maximum absolute atomic E-state index is 13.6. The molecule has 1 amide bonds. The van der Waals surface area contributed by atoms with E-state index in [-0.39, 0.29) is 11.4 Å². The van der Waals surface area contributed by atoms with Crippen LogP contribution in [0.25, 0.3) is 6.08 Å². The average Bonchev–Trinajstić information content (AvgIpc) is 2.93. The fourth-order valence-corrected chi connectivity index (χ4v) is 3.85. The van der Waals surface area contributed by atoms with Crippen LogP contribution in [0.15, 0.2) is 103 Å². The van der Waals surface area contributed by atoms with Gasteiger partial charge in [-0.2, -0.15) is 5.26 Å². The average molecular weight is 507 g/mol. The van der Waals surface area contributed by atoms with Crippen molar-refractivity contribution < 1.29 is 18.7 Å². The van der Waals surface area contributed by atoms with Gasteiger partial charge in [-0.3, -0.25) is 4.79 Å². The van der Waals surface area contributed by atoms with Gasteiger partial charge >= 0.3 is 0 Å². The summed E-state index contributed by atoms with van der Waals surface area (Å²) in [6.45, 7) is 2.76. The number of carbonyl (C=O) groups is 1. The molecule has 6 heteroatoms. The van der Waals surface area contributed by atoms with Crippen LogP contribution in [0.3, 0.4) is 0 Å². The summed E-state index contributed by atoms with van der Waals surface area (Å²) in [7, 11) is 0. The molecule has 0 fully saturated rings. The molecule has 0 heterocycles. The van der Waals surface area contributed by atoms with Crippen molar-refractivity contribution in [2.75, 3.05) is 11.9 Å². The second-order valence-electron chi connectivity index (χ2n) is 8.53. The molecule has 0 saturated heterocycles. The minimum atomic E-state index is -0.521. The fourth-order valence-electron chi connectivity index (χ4n) is 3.85. The Labute approximate surface area is 221 Å². The fraction of sp³-hybridized carbons (Fsp3) is 0.125. The summed E-state index contributed by atoms with van der Waals surface area (Å²) < 4.78 is 25.2. The van der Waals surface area contributed by atoms with E-state index in [0.717, 1.165) is 16.7 Å². The van der Waals surface area contributed by atoms with E-state index in [9.17, 15) is 14.4 Å². The summed E-state index contributed by atoms with van der Waals surface area (Å²) in [6.07, 6.45) is 2.01. The Balaban J connectivity index is 1.43. The minimum Gasteiger partial charge on any atom is -0.494 e. The molecule has 0 aliphatic carbocycles. The molecule has 0 aliphatic rings. The van der Waals surface area contributed by atoms with E-state index < -0.39 is 5.91 Å². The van der Waals surface area contributed by atoms with Crippen LogP contribution >= 0.6 is 0 Å². The lowest BCUT2D eigenvalue weighted by Gasteiger charge is -2.12. The van der Waals surface area contributed by atoms with Crippen molar-refractivity contribution in [2.24, 2.45) is 0 Å². The first kappa shape index (κ1) is 26.2. The largest absolute Gasteiger partial charge is 0.494 e. The van der Waals surface area contributed by atoms with Gasteiger partial charge in [0.05, 0.1) is 6.61 Å². The molecular formula is C32H27FN2O3. The van der Waals surface area contributed by atoms with Crippen molar-refractivity contribution >= 4 is 17.7 Å². The van der Waals surface area contributed by atoms with Crippen molar-refractivity contribution in [3.8, 4) is 17.6 Å². The number of amides is 1. The molecule has 4 aromatic carbocycles. The zero-order valence-electron chi connectivity index (χ0n) is 21.0. The summed E-state index contributed by atoms with van der Waals surface area (Å²) in [4.78, 5) is 12.8. The van der Waals surface area contributed by atoms with E-state index >= 15 is 0 Å². The number of hydrogen-bond donors (Lipinski definition) is 1. The quantitative estimate of drug-likeness (QED) is 0.187. The summed E-state index contributed by atoms with van der Waals surface area (Å²) in [6, 6.07) is 30.7. The molecule has 190 valence electrons. The highest BCUT2D eigenvalue weighted by Gasteiger charge is 2.12. The first-order valence-corrected chi connectivity index (χ1v) is 12.2. The van der Waals surface area contributed by atoms with Gasteiger partial charge in [-0.1, -0.05) is 54.6 Å². The summed E-state index contributed by atoms with van der Waals surface area (Å²) in [5.41, 5.74) is 3.91. The van der Waals surface area contributed by atoms with Crippen LogP contribution in [0, 0.1) is 17.1 Å². The third-order valence-corrected chi connectivity index (χ3v) is 5.71. The lowest BCUT2D eigenvalue weighted by Crippen LogP contribution is -2.13. The van der Waals surface area contributed by atoms with E-state index in [0.29, 0.717) is 42.4 Å². The normalized spacial score (nSPS) is 10.9. The smallest absolute Gasteiger partial charge is 0.266 e. The van der Waals surface area contributed by atoms with Crippen molar-refractivity contribution in [3.63, 3.8) is 0 Å². The van der Waals surface area contributed by atoms with Crippen LogP contribution in [0.5, 0.6) is 11.5 Å². The van der Waals surface area contributed by atoms with Crippen LogP contribution in [-0.4, -0.2) is 12.5 Å². The molecule has 0 bridgehead atoms. The van der Waals surface area contributed by atoms with Gasteiger partial charge in [0, 0.05) is 12.1 Å². The predicted octanol–water partition coefficient (Wildman–Crippen LogP) is 6.94. The second kappa shape index (κ2) is 12.9. The van der Waals surface area contributed by atoms with Crippen molar-refractivity contribution in [2.45, 2.75) is 20.0 Å². The molecule has 0 aromatic heterocycles. The predicted molar refractivity (Wildman–Crippen MR) is 146 cm³/mol. The molecule has 1 N–H and O–H groups in total. The number of hydrogen-bond acceptors (Lipinski definition) is 4. The maximum Gasteiger partial charge on any atom is 0.266 e. The number of anilines is 1. The van der Waals surface area contributed by atoms with Gasteiger partial charge in [-0.25, -0.2) is 4.39 Å². The molecule has 0 spiro atoms. The van der Waals surface area contributed by atoms with E-state index in [1.165, 1.54) is 18.2 Å². The number of rotatable bonds is 10. The van der Waals surface area contributed by atoms with E-state index in [2.05, 4.69) is 5.32 Å². The first-order chi connectivity index (χ1) is 18.5. The van der Waals surface area contributed by atoms with Crippen LogP contribution in [0.2, 0.25) is 0 Å². The number of halogens is 1. The highest BCUT2D eigenvalue weighted by atomic mass is 19.1. The van der Waals surface area contributed by atoms with Crippen molar-refractivity contribution in [3.05, 3.63) is 131 Å². The molecule has 0 atom stereocenters. The highest BCUT2D eigenvalue weighted by Crippen LogP contribution is 2.26. The monoisotopic (exact) mass is 506 g/mol. The van der Waals surface area contributed by atoms with Crippen molar-refractivity contribution in [1.29, 1.82) is 5.26 Å². The zero-order chi connectivity index (χ0) is 26.7. The number of nitrogens with zero attached hydrogens (tertiary/aromatic N) is 1. The van der Waals surface area contributed by atoms with Gasteiger partial charge in [-0.05, 0) is 77.7 Å². The van der Waals surface area contributed by atoms with Crippen LogP contribution in [0.4, 0.5) is 10.1 Å². The van der Waals surface area contributed by atoms with E-state index in [4.69, 9.17) is 9.47 Å². The Morgan fingerprint density at radius 2 is 1.68 bits per heavy atom. The first-order valence-electron chi connectivity index (χ1n) is 12.2. The Morgan fingerprint density at radius 3 is 2.39 bits per heavy atom. The van der Waals surface area contributed by atoms with Gasteiger partial charge in [-0.15, -0.1) is 0 Å². The number of carbonyl (C=O) groups excluding carboxylic acids is 1. The highest BCUT2D eigenvalue weighted by molar-refractivity contribution is 6.09. The molecule has 4 rings (SSSR count). The number of nitriles is 1. The molecule has 38 heavy (non-hydrogen) atoms. The Hall–Kier alpha value is -4.89. The molecule has 4 aromatic rings. The molecule has 0 radical (unpaired) electrons. The summed E-state index contributed by atoms with van der Waals surface area (Å²) >= 11 is 0. The van der Waals surface area contributed by atoms with E-state index in [1.807, 2.05) is 55.5 Å². The topological polar surface area (TPSA) is 71.3 Å². The molecule has 0 aliphatic heterocycles. The van der Waals surface area contributed by atoms with Crippen LogP contribution in [0.1, 0.15) is 29.2 Å². The molecular weight excluding hydrogens is 479 g/mol. The zero-order valence-corrected chi connectivity index (χ0v) is 21.0. The Kier molecular flexibility index (Phi) is 8.88. The second-order valence-corrected chi connectivity index (χ2v) is 8.53. The van der Waals surface area contributed by atoms with E-state index in [1.54, 1.807) is 42.5 Å². The minimum absolute atomic E-state index is 0.0465. The SMILES string of the molecule is CCOc1cc(/C=C(\C#N)C(=O)Nc2ccc(OCc3ccccc3)cc2)ccc1Cc1cccc(F)c1. The van der Waals surface area contributed by atoms with Gasteiger partial charge in [0.2, 0.25) is 0 Å². The maximum atomic E-state index is 13.6. The summed E-state index contributed by atoms with van der Waals surface area (Å²) in [5.74, 6) is 0.477. The van der Waals surface area contributed by atoms with Gasteiger partial charge < -0.3 is 14.8 Å². The number of nitrogens with one attached hydrogen (secondary N) is 1. The molecule has 0 unspecified atom stereocenters. The van der Waals surface area contributed by atoms with Crippen LogP contribution < -0.4 is 14.8 Å². The van der Waals surface area contributed by atoms with Gasteiger partial charge in [0.15, 0.2) is 0 Å². The number of benzene rings is 4. The summed E-state index contributed by atoms with van der Waals surface area (Å²) in [5, 5.41) is 12.4.